The van der Waals surface area contributed by atoms with Crippen LogP contribution in [-0.4, -0.2) is 23.8 Å². The van der Waals surface area contributed by atoms with Gasteiger partial charge in [-0.05, 0) is 0 Å². The van der Waals surface area contributed by atoms with Gasteiger partial charge < -0.3 is 19.8 Å². The number of carboxylic acid groups (broad SMARTS) is 2. The van der Waals surface area contributed by atoms with Gasteiger partial charge in [-0.2, -0.15) is 17.6 Å². The second kappa shape index (κ2) is 4.07. The Hall–Kier alpha value is -0.600. The Kier molecular flexibility index (Phi) is 4.67. The van der Waals surface area contributed by atoms with E-state index in [0.29, 0.717) is 0 Å². The molecule has 9 heteroatoms. The van der Waals surface area contributed by atoms with E-state index in [9.17, 15) is 37.4 Å². The SMILES string of the molecule is O=C([O-])C(F)(F)C(F)(F)C(=O)[O-].[Ag+2]. The molecule has 79 valence electrons. The number of hydrogen-bond donors (Lipinski definition) is 0. The minimum absolute atomic E-state index is 0. The number of carbonyl (C=O) groups is 2. The van der Waals surface area contributed by atoms with Gasteiger partial charge in [-0.15, -0.1) is 0 Å². The molecule has 0 saturated carbocycles. The number of hydrogen-bond acceptors (Lipinski definition) is 4. The fourth-order valence-electron chi connectivity index (χ4n) is 0.256. The maximum atomic E-state index is 11.7. The number of rotatable bonds is 3. The summed E-state index contributed by atoms with van der Waals surface area (Å²) in [5.74, 6) is -18.5. The summed E-state index contributed by atoms with van der Waals surface area (Å²) >= 11 is 0. The van der Waals surface area contributed by atoms with Gasteiger partial charge in [-0.25, -0.2) is 0 Å². The molecule has 0 spiro atoms. The van der Waals surface area contributed by atoms with E-state index in [2.05, 4.69) is 0 Å². The summed E-state index contributed by atoms with van der Waals surface area (Å²) in [6.45, 7) is 0. The molecule has 0 aliphatic rings. The number of carbonyl (C=O) groups excluding carboxylic acids is 2. The van der Waals surface area contributed by atoms with Gasteiger partial charge in [0.25, 0.3) is 0 Å². The van der Waals surface area contributed by atoms with Crippen LogP contribution in [0.2, 0.25) is 0 Å². The molecule has 0 heterocycles. The second-order valence-corrected chi connectivity index (χ2v) is 1.72. The molecule has 0 rings (SSSR count). The summed E-state index contributed by atoms with van der Waals surface area (Å²) in [4.78, 5) is 18.7. The number of halogens is 4. The molecular formula is C4AgF4O4. The molecule has 0 aliphatic heterocycles. The molecule has 0 amide bonds. The first kappa shape index (κ1) is 14.9. The molecule has 0 aromatic heterocycles. The molecule has 0 fully saturated rings. The molecule has 0 saturated heterocycles. The van der Waals surface area contributed by atoms with Gasteiger partial charge in [0.15, 0.2) is 0 Å². The third-order valence-corrected chi connectivity index (χ3v) is 0.907. The average Bonchev–Trinajstić information content (AvgIpc) is 1.86. The van der Waals surface area contributed by atoms with E-state index in [-0.39, 0.29) is 22.4 Å². The zero-order valence-corrected chi connectivity index (χ0v) is 6.93. The van der Waals surface area contributed by atoms with E-state index in [1.807, 2.05) is 0 Å². The maximum absolute atomic E-state index is 11.7. The molecule has 4 nitrogen and oxygen atoms in total. The smallest absolute Gasteiger partial charge is 0.544 e. The Bertz CT molecular complexity index is 204. The Balaban J connectivity index is 0. The quantitative estimate of drug-likeness (QED) is 0.435. The summed E-state index contributed by atoms with van der Waals surface area (Å²) in [7, 11) is 0. The van der Waals surface area contributed by atoms with E-state index in [1.165, 1.54) is 0 Å². The fraction of sp³-hybridized carbons (Fsp3) is 0.500. The Morgan fingerprint density at radius 1 is 0.846 bits per heavy atom. The molecule has 0 N–H and O–H groups in total. The van der Waals surface area contributed by atoms with Crippen molar-refractivity contribution >= 4 is 11.9 Å². The Morgan fingerprint density at radius 3 is 1.08 bits per heavy atom. The summed E-state index contributed by atoms with van der Waals surface area (Å²) in [5.41, 5.74) is 0. The van der Waals surface area contributed by atoms with Crippen LogP contribution in [0.25, 0.3) is 0 Å². The van der Waals surface area contributed by atoms with Gasteiger partial charge in [0, 0.05) is 0 Å². The summed E-state index contributed by atoms with van der Waals surface area (Å²) in [6, 6.07) is 0. The van der Waals surface area contributed by atoms with Crippen LogP contribution in [0.1, 0.15) is 0 Å². The molecular weight excluding hydrogens is 296 g/mol. The van der Waals surface area contributed by atoms with Gasteiger partial charge in [-0.3, -0.25) is 0 Å². The largest absolute Gasteiger partial charge is 2.00 e. The molecule has 0 aromatic carbocycles. The molecule has 0 aromatic rings. The predicted octanol–water partition coefficient (Wildman–Crippen LogP) is -2.25. The summed E-state index contributed by atoms with van der Waals surface area (Å²) in [6.07, 6.45) is 0. The van der Waals surface area contributed by atoms with Gasteiger partial charge in [0.1, 0.15) is 11.9 Å². The van der Waals surface area contributed by atoms with Crippen molar-refractivity contribution in [1.82, 2.24) is 0 Å². The number of carboxylic acids is 2. The first-order valence-corrected chi connectivity index (χ1v) is 2.32. The average molecular weight is 296 g/mol. The van der Waals surface area contributed by atoms with Gasteiger partial charge in [0.2, 0.25) is 0 Å². The van der Waals surface area contributed by atoms with Crippen LogP contribution in [-0.2, 0) is 32.0 Å². The molecule has 0 atom stereocenters. The van der Waals surface area contributed by atoms with Crippen LogP contribution in [0.5, 0.6) is 0 Å². The second-order valence-electron chi connectivity index (χ2n) is 1.72. The van der Waals surface area contributed by atoms with E-state index in [0.717, 1.165) is 0 Å². The van der Waals surface area contributed by atoms with Crippen molar-refractivity contribution in [3.05, 3.63) is 0 Å². The first-order chi connectivity index (χ1) is 5.14. The van der Waals surface area contributed by atoms with Crippen molar-refractivity contribution in [3.8, 4) is 0 Å². The van der Waals surface area contributed by atoms with Crippen molar-refractivity contribution in [1.29, 1.82) is 0 Å². The standard InChI is InChI=1S/C4H2F4O4.Ag/c5-3(6,1(9)10)4(7,8)2(11)12;/h(H,9,10)(H,11,12);/q;+2/p-2. The van der Waals surface area contributed by atoms with Crippen LogP contribution in [0, 0.1) is 0 Å². The third-order valence-electron chi connectivity index (χ3n) is 0.907. The van der Waals surface area contributed by atoms with Gasteiger partial charge >= 0.3 is 34.2 Å². The predicted molar refractivity (Wildman–Crippen MR) is 19.9 cm³/mol. The van der Waals surface area contributed by atoms with E-state index < -0.39 is 23.8 Å². The van der Waals surface area contributed by atoms with Crippen LogP contribution < -0.4 is 10.2 Å². The minimum atomic E-state index is -5.77. The van der Waals surface area contributed by atoms with Gasteiger partial charge in [-0.1, -0.05) is 0 Å². The number of alkyl halides is 4. The van der Waals surface area contributed by atoms with Crippen molar-refractivity contribution in [2.24, 2.45) is 0 Å². The zero-order chi connectivity index (χ0) is 10.2. The van der Waals surface area contributed by atoms with Crippen molar-refractivity contribution < 1.29 is 59.7 Å². The van der Waals surface area contributed by atoms with Crippen LogP contribution in [0.3, 0.4) is 0 Å². The fourth-order valence-corrected chi connectivity index (χ4v) is 0.256. The topological polar surface area (TPSA) is 80.3 Å². The Morgan fingerprint density at radius 2 is 1.00 bits per heavy atom. The molecule has 0 unspecified atom stereocenters. The van der Waals surface area contributed by atoms with Gasteiger partial charge in [0.05, 0.1) is 0 Å². The zero-order valence-electron chi connectivity index (χ0n) is 5.45. The molecule has 13 heavy (non-hydrogen) atoms. The van der Waals surface area contributed by atoms with Crippen molar-refractivity contribution in [2.75, 3.05) is 0 Å². The van der Waals surface area contributed by atoms with Crippen LogP contribution in [0.15, 0.2) is 0 Å². The molecule has 1 radical (unpaired) electrons. The normalized spacial score (nSPS) is 11.7. The van der Waals surface area contributed by atoms with E-state index in [4.69, 9.17) is 0 Å². The monoisotopic (exact) mass is 295 g/mol. The molecule has 0 aliphatic carbocycles. The van der Waals surface area contributed by atoms with Crippen LogP contribution in [0.4, 0.5) is 17.6 Å². The van der Waals surface area contributed by atoms with E-state index in [1.54, 1.807) is 0 Å². The van der Waals surface area contributed by atoms with Crippen molar-refractivity contribution in [3.63, 3.8) is 0 Å². The minimum Gasteiger partial charge on any atom is -0.544 e. The summed E-state index contributed by atoms with van der Waals surface area (Å²) < 4.78 is 47.0. The molecule has 0 bridgehead atoms. The third kappa shape index (κ3) is 2.42. The Labute approximate surface area is 84.0 Å². The van der Waals surface area contributed by atoms with E-state index >= 15 is 0 Å². The van der Waals surface area contributed by atoms with Crippen LogP contribution >= 0.6 is 0 Å². The summed E-state index contributed by atoms with van der Waals surface area (Å²) in [5, 5.41) is 18.7. The number of aliphatic carboxylic acids is 2. The first-order valence-electron chi connectivity index (χ1n) is 2.32. The maximum Gasteiger partial charge on any atom is 2.00 e. The van der Waals surface area contributed by atoms with Crippen molar-refractivity contribution in [2.45, 2.75) is 11.8 Å².